The number of aliphatic imine (C=N–C) groups is 1. The largest absolute Gasteiger partial charge is 0.467 e. The number of carbonyl (C=O) groups excluding carboxylic acids is 2. The molecule has 0 saturated carbocycles. The van der Waals surface area contributed by atoms with Gasteiger partial charge in [0.1, 0.15) is 11.6 Å². The van der Waals surface area contributed by atoms with Crippen molar-refractivity contribution in [2.45, 2.75) is 32.9 Å². The van der Waals surface area contributed by atoms with Gasteiger partial charge in [0.25, 0.3) is 0 Å². The van der Waals surface area contributed by atoms with E-state index in [1.807, 2.05) is 0 Å². The molecule has 7 nitrogen and oxygen atoms in total. The fraction of sp³-hybridized carbons (Fsp3) is 0.261. The Morgan fingerprint density at radius 3 is 2.81 bits per heavy atom. The van der Waals surface area contributed by atoms with Crippen molar-refractivity contribution in [3.05, 3.63) is 82.2 Å². The third-order valence-corrected chi connectivity index (χ3v) is 5.97. The number of rotatable bonds is 7. The highest BCUT2D eigenvalue weighted by atomic mass is 32.2. The van der Waals surface area contributed by atoms with Gasteiger partial charge in [-0.15, -0.1) is 0 Å². The van der Waals surface area contributed by atoms with Crippen LogP contribution < -0.4 is 5.32 Å². The Bertz CT molecular complexity index is 1120. The van der Waals surface area contributed by atoms with Gasteiger partial charge in [-0.1, -0.05) is 30.0 Å². The lowest BCUT2D eigenvalue weighted by molar-refractivity contribution is -0.139. The number of thioether (sulfide) groups is 1. The van der Waals surface area contributed by atoms with Crippen molar-refractivity contribution in [1.29, 1.82) is 0 Å². The molecule has 1 amide bonds. The number of nitrogens with zero attached hydrogens (tertiary/aromatic N) is 2. The van der Waals surface area contributed by atoms with Gasteiger partial charge in [-0.25, -0.2) is 14.2 Å². The van der Waals surface area contributed by atoms with Crippen LogP contribution in [0.15, 0.2) is 74.4 Å². The van der Waals surface area contributed by atoms with Crippen LogP contribution in [0.5, 0.6) is 0 Å². The topological polar surface area (TPSA) is 84.1 Å². The predicted molar refractivity (Wildman–Crippen MR) is 119 cm³/mol. The Labute approximate surface area is 189 Å². The second-order valence-electron chi connectivity index (χ2n) is 7.17. The number of hydrogen-bond acceptors (Lipinski definition) is 7. The van der Waals surface area contributed by atoms with Gasteiger partial charge >= 0.3 is 5.97 Å². The monoisotopic (exact) mass is 455 g/mol. The molecule has 2 aliphatic rings. The van der Waals surface area contributed by atoms with Crippen LogP contribution in [-0.4, -0.2) is 28.6 Å². The van der Waals surface area contributed by atoms with Gasteiger partial charge in [0, 0.05) is 11.3 Å². The summed E-state index contributed by atoms with van der Waals surface area (Å²) >= 11 is 1.33. The highest BCUT2D eigenvalue weighted by molar-refractivity contribution is 8.16. The quantitative estimate of drug-likeness (QED) is 0.628. The highest BCUT2D eigenvalue weighted by Gasteiger charge is 2.42. The molecule has 9 heteroatoms. The Morgan fingerprint density at radius 2 is 2.09 bits per heavy atom. The van der Waals surface area contributed by atoms with E-state index >= 15 is 0 Å². The van der Waals surface area contributed by atoms with E-state index < -0.39 is 17.8 Å². The number of amides is 1. The molecular formula is C23H22FN3O4S. The molecule has 1 atom stereocenters. The molecule has 0 spiro atoms. The van der Waals surface area contributed by atoms with E-state index in [2.05, 4.69) is 10.3 Å². The lowest BCUT2D eigenvalue weighted by Crippen LogP contribution is -2.38. The summed E-state index contributed by atoms with van der Waals surface area (Å²) in [5.74, 6) is -0.599. The van der Waals surface area contributed by atoms with Crippen molar-refractivity contribution in [3.8, 4) is 0 Å². The molecule has 0 fully saturated rings. The van der Waals surface area contributed by atoms with Crippen molar-refractivity contribution in [2.24, 2.45) is 4.99 Å². The minimum absolute atomic E-state index is 0.0346. The molecule has 0 aliphatic carbocycles. The smallest absolute Gasteiger partial charge is 0.338 e. The van der Waals surface area contributed by atoms with Crippen molar-refractivity contribution in [3.63, 3.8) is 0 Å². The molecule has 2 aliphatic heterocycles. The normalized spacial score (nSPS) is 17.6. The van der Waals surface area contributed by atoms with Crippen molar-refractivity contribution < 1.29 is 23.1 Å². The molecule has 0 bridgehead atoms. The fourth-order valence-electron chi connectivity index (χ4n) is 3.66. The molecule has 0 radical (unpaired) electrons. The molecule has 32 heavy (non-hydrogen) atoms. The average molecular weight is 456 g/mol. The Kier molecular flexibility index (Phi) is 6.45. The number of carbonyl (C=O) groups is 2. The second-order valence-corrected chi connectivity index (χ2v) is 8.00. The van der Waals surface area contributed by atoms with E-state index in [1.165, 1.54) is 17.8 Å². The molecular weight excluding hydrogens is 433 g/mol. The standard InChI is InChI=1S/C23H22FN3O4S/c1-3-30-22(29)20-14(2)26-23-27(21(20)17-8-4-5-9-18(17)24)15(13-32-23)11-19(28)25-12-16-7-6-10-31-16/h4-10,13,21H,3,11-12H2,1-2H3,(H,25,28)/t21-/m1/s1. The van der Waals surface area contributed by atoms with Crippen LogP contribution in [0.3, 0.4) is 0 Å². The lowest BCUT2D eigenvalue weighted by Gasteiger charge is -2.36. The summed E-state index contributed by atoms with van der Waals surface area (Å²) in [5.41, 5.74) is 1.65. The molecule has 1 N–H and O–H groups in total. The number of hydrogen-bond donors (Lipinski definition) is 1. The average Bonchev–Trinajstić information content (AvgIpc) is 3.42. The van der Waals surface area contributed by atoms with Gasteiger partial charge in [-0.05, 0) is 37.5 Å². The van der Waals surface area contributed by atoms with Crippen LogP contribution in [0, 0.1) is 5.82 Å². The van der Waals surface area contributed by atoms with E-state index in [0.29, 0.717) is 27.9 Å². The van der Waals surface area contributed by atoms with E-state index in [0.717, 1.165) is 0 Å². The zero-order valence-electron chi connectivity index (χ0n) is 17.6. The molecule has 2 aromatic rings. The van der Waals surface area contributed by atoms with E-state index in [1.54, 1.807) is 60.8 Å². The first-order valence-corrected chi connectivity index (χ1v) is 11.0. The minimum Gasteiger partial charge on any atom is -0.467 e. The van der Waals surface area contributed by atoms with E-state index in [4.69, 9.17) is 9.15 Å². The highest BCUT2D eigenvalue weighted by Crippen LogP contribution is 2.45. The first kappa shape index (κ1) is 21.9. The van der Waals surface area contributed by atoms with Crippen LogP contribution in [0.2, 0.25) is 0 Å². The van der Waals surface area contributed by atoms with Crippen LogP contribution in [0.4, 0.5) is 4.39 Å². The van der Waals surface area contributed by atoms with E-state index in [9.17, 15) is 14.0 Å². The van der Waals surface area contributed by atoms with Crippen molar-refractivity contribution in [2.75, 3.05) is 6.61 Å². The predicted octanol–water partition coefficient (Wildman–Crippen LogP) is 4.26. The zero-order valence-corrected chi connectivity index (χ0v) is 18.4. The first-order chi connectivity index (χ1) is 15.5. The molecule has 4 rings (SSSR count). The number of ether oxygens (including phenoxy) is 1. The van der Waals surface area contributed by atoms with Gasteiger partial charge in [0.05, 0.1) is 43.1 Å². The summed E-state index contributed by atoms with van der Waals surface area (Å²) in [6, 6.07) is 9.02. The molecule has 166 valence electrons. The number of halogens is 1. The Balaban J connectivity index is 1.64. The van der Waals surface area contributed by atoms with Gasteiger partial charge in [0.2, 0.25) is 5.91 Å². The van der Waals surface area contributed by atoms with E-state index in [-0.39, 0.29) is 31.1 Å². The third kappa shape index (κ3) is 4.34. The number of furan rings is 1. The molecule has 0 saturated heterocycles. The Hall–Kier alpha value is -3.33. The summed E-state index contributed by atoms with van der Waals surface area (Å²) in [6.45, 7) is 3.86. The number of amidine groups is 1. The van der Waals surface area contributed by atoms with Gasteiger partial charge in [0.15, 0.2) is 5.17 Å². The molecule has 1 aromatic heterocycles. The maximum atomic E-state index is 14.9. The maximum absolute atomic E-state index is 14.9. The number of allylic oxidation sites excluding steroid dienone is 1. The van der Waals surface area contributed by atoms with Crippen LogP contribution in [-0.2, 0) is 20.9 Å². The van der Waals surface area contributed by atoms with Crippen LogP contribution in [0.1, 0.15) is 37.6 Å². The third-order valence-electron chi connectivity index (χ3n) is 5.08. The van der Waals surface area contributed by atoms with Crippen molar-refractivity contribution in [1.82, 2.24) is 10.2 Å². The number of benzene rings is 1. The summed E-state index contributed by atoms with van der Waals surface area (Å²) in [7, 11) is 0. The summed E-state index contributed by atoms with van der Waals surface area (Å²) in [5, 5.41) is 5.20. The fourth-order valence-corrected chi connectivity index (χ4v) is 4.62. The van der Waals surface area contributed by atoms with Gasteiger partial charge in [-0.2, -0.15) is 0 Å². The Morgan fingerprint density at radius 1 is 1.28 bits per heavy atom. The number of nitrogens with one attached hydrogen (secondary N) is 1. The molecule has 3 heterocycles. The zero-order chi connectivity index (χ0) is 22.7. The second kappa shape index (κ2) is 9.44. The van der Waals surface area contributed by atoms with Crippen molar-refractivity contribution >= 4 is 28.8 Å². The van der Waals surface area contributed by atoms with Crippen LogP contribution >= 0.6 is 11.8 Å². The maximum Gasteiger partial charge on any atom is 0.338 e. The number of fused-ring (bicyclic) bond motifs is 1. The SMILES string of the molecule is CCOC(=O)C1=C(C)N=C2SC=C(CC(=O)NCc3ccco3)N2[C@@H]1c1ccccc1F. The van der Waals surface area contributed by atoms with Crippen LogP contribution in [0.25, 0.3) is 0 Å². The molecule has 1 aromatic carbocycles. The summed E-state index contributed by atoms with van der Waals surface area (Å²) < 4.78 is 25.4. The lowest BCUT2D eigenvalue weighted by atomic mass is 9.93. The molecule has 0 unspecified atom stereocenters. The summed E-state index contributed by atoms with van der Waals surface area (Å²) in [6.07, 6.45) is 1.57. The summed E-state index contributed by atoms with van der Waals surface area (Å²) in [4.78, 5) is 31.7. The van der Waals surface area contributed by atoms with Gasteiger partial charge in [-0.3, -0.25) is 4.79 Å². The van der Waals surface area contributed by atoms with Gasteiger partial charge < -0.3 is 19.4 Å². The first-order valence-electron chi connectivity index (χ1n) is 10.1. The number of esters is 1. The minimum atomic E-state index is -0.790.